The fraction of sp³-hybridized carbons (Fsp3) is 0.357. The average Bonchev–Trinajstić information content (AvgIpc) is 2.72. The minimum absolute atomic E-state index is 0.530. The molecule has 0 aliphatic rings. The van der Waals surface area contributed by atoms with Gasteiger partial charge in [-0.05, 0) is 25.1 Å². The molecule has 0 aliphatic carbocycles. The first-order chi connectivity index (χ1) is 9.22. The Labute approximate surface area is 118 Å². The molecule has 0 amide bonds. The molecule has 0 saturated heterocycles. The summed E-state index contributed by atoms with van der Waals surface area (Å²) < 4.78 is 6.98. The van der Waals surface area contributed by atoms with E-state index in [0.29, 0.717) is 11.8 Å². The molecule has 0 atom stereocenters. The van der Waals surface area contributed by atoms with Crippen molar-refractivity contribution in [1.29, 1.82) is 0 Å². The highest BCUT2D eigenvalue weighted by molar-refractivity contribution is 6.31. The Morgan fingerprint density at radius 2 is 2.37 bits per heavy atom. The maximum atomic E-state index is 6.18. The lowest BCUT2D eigenvalue weighted by Gasteiger charge is -2.04. The molecule has 0 spiro atoms. The van der Waals surface area contributed by atoms with E-state index < -0.39 is 0 Å². The van der Waals surface area contributed by atoms with Gasteiger partial charge in [0.05, 0.1) is 12.3 Å². The number of fused-ring (bicyclic) bond motifs is 1. The molecule has 19 heavy (non-hydrogen) atoms. The molecule has 2 heterocycles. The van der Waals surface area contributed by atoms with Crippen LogP contribution in [0.15, 0.2) is 30.0 Å². The number of imidazole rings is 1. The third-order valence-electron chi connectivity index (χ3n) is 2.79. The Hall–Kier alpha value is -1.36. The van der Waals surface area contributed by atoms with Crippen LogP contribution in [0.1, 0.15) is 12.6 Å². The standard InChI is InChI=1S/C14H18ClN3O/c1-11(10-16-6-8-19-2)9-12-14(15)17-13-5-3-4-7-18(12)13/h3-5,7,9,16H,6,8,10H2,1-2H3. The maximum absolute atomic E-state index is 6.18. The summed E-state index contributed by atoms with van der Waals surface area (Å²) in [5, 5.41) is 3.83. The highest BCUT2D eigenvalue weighted by atomic mass is 35.5. The van der Waals surface area contributed by atoms with Crippen LogP contribution in [-0.4, -0.2) is 36.2 Å². The molecule has 5 heteroatoms. The third kappa shape index (κ3) is 3.56. The molecule has 2 aromatic heterocycles. The van der Waals surface area contributed by atoms with Crippen molar-refractivity contribution in [1.82, 2.24) is 14.7 Å². The summed E-state index contributed by atoms with van der Waals surface area (Å²) in [6.07, 6.45) is 4.02. The predicted molar refractivity (Wildman–Crippen MR) is 78.6 cm³/mol. The van der Waals surface area contributed by atoms with Crippen molar-refractivity contribution in [2.24, 2.45) is 0 Å². The van der Waals surface area contributed by atoms with Gasteiger partial charge in [0.25, 0.3) is 0 Å². The van der Waals surface area contributed by atoms with Crippen molar-refractivity contribution < 1.29 is 4.74 Å². The molecule has 2 rings (SSSR count). The highest BCUT2D eigenvalue weighted by Crippen LogP contribution is 2.20. The maximum Gasteiger partial charge on any atom is 0.155 e. The van der Waals surface area contributed by atoms with Gasteiger partial charge in [0, 0.05) is 26.4 Å². The summed E-state index contributed by atoms with van der Waals surface area (Å²) in [5.41, 5.74) is 2.98. The molecule has 0 unspecified atom stereocenters. The van der Waals surface area contributed by atoms with Crippen LogP contribution in [0.25, 0.3) is 11.7 Å². The van der Waals surface area contributed by atoms with E-state index in [2.05, 4.69) is 23.3 Å². The first-order valence-electron chi connectivity index (χ1n) is 6.22. The quantitative estimate of drug-likeness (QED) is 0.826. The van der Waals surface area contributed by atoms with Crippen molar-refractivity contribution in [3.8, 4) is 0 Å². The van der Waals surface area contributed by atoms with Crippen LogP contribution in [0.3, 0.4) is 0 Å². The van der Waals surface area contributed by atoms with Gasteiger partial charge in [0.15, 0.2) is 5.15 Å². The van der Waals surface area contributed by atoms with Crippen molar-refractivity contribution in [2.75, 3.05) is 26.8 Å². The second-order valence-corrected chi connectivity index (χ2v) is 4.73. The summed E-state index contributed by atoms with van der Waals surface area (Å²) >= 11 is 6.18. The van der Waals surface area contributed by atoms with Gasteiger partial charge in [0.1, 0.15) is 5.65 Å². The van der Waals surface area contributed by atoms with E-state index in [1.165, 1.54) is 5.57 Å². The Kier molecular flexibility index (Phi) is 4.96. The van der Waals surface area contributed by atoms with E-state index in [0.717, 1.165) is 24.4 Å². The van der Waals surface area contributed by atoms with E-state index >= 15 is 0 Å². The van der Waals surface area contributed by atoms with Gasteiger partial charge in [-0.2, -0.15) is 0 Å². The second-order valence-electron chi connectivity index (χ2n) is 4.38. The largest absolute Gasteiger partial charge is 0.383 e. The molecular formula is C14H18ClN3O. The molecule has 1 N–H and O–H groups in total. The summed E-state index contributed by atoms with van der Waals surface area (Å²) in [7, 11) is 1.70. The first-order valence-corrected chi connectivity index (χ1v) is 6.59. The van der Waals surface area contributed by atoms with E-state index in [9.17, 15) is 0 Å². The SMILES string of the molecule is COCCNCC(C)=Cc1c(Cl)nc2ccccn12. The Bertz CT molecular complexity index is 577. The molecule has 0 aromatic carbocycles. The normalized spacial score (nSPS) is 12.3. The van der Waals surface area contributed by atoms with Gasteiger partial charge < -0.3 is 10.1 Å². The number of nitrogens with one attached hydrogen (secondary N) is 1. The topological polar surface area (TPSA) is 38.6 Å². The highest BCUT2D eigenvalue weighted by Gasteiger charge is 2.07. The first kappa shape index (κ1) is 14.1. The molecule has 0 aliphatic heterocycles. The zero-order valence-electron chi connectivity index (χ0n) is 11.2. The zero-order valence-corrected chi connectivity index (χ0v) is 11.9. The summed E-state index contributed by atoms with van der Waals surface area (Å²) in [4.78, 5) is 4.32. The summed E-state index contributed by atoms with van der Waals surface area (Å²) in [5.74, 6) is 0. The third-order valence-corrected chi connectivity index (χ3v) is 3.07. The zero-order chi connectivity index (χ0) is 13.7. The lowest BCUT2D eigenvalue weighted by molar-refractivity contribution is 0.200. The van der Waals surface area contributed by atoms with Crippen LogP contribution in [0.5, 0.6) is 0 Å². The minimum atomic E-state index is 0.530. The van der Waals surface area contributed by atoms with Gasteiger partial charge >= 0.3 is 0 Å². The summed E-state index contributed by atoms with van der Waals surface area (Å²) in [6.45, 7) is 4.42. The van der Waals surface area contributed by atoms with Gasteiger partial charge in [-0.1, -0.05) is 23.2 Å². The van der Waals surface area contributed by atoms with Crippen molar-refractivity contribution in [2.45, 2.75) is 6.92 Å². The number of aromatic nitrogens is 2. The van der Waals surface area contributed by atoms with Crippen LogP contribution in [0.4, 0.5) is 0 Å². The van der Waals surface area contributed by atoms with Crippen LogP contribution < -0.4 is 5.32 Å². The van der Waals surface area contributed by atoms with Crippen molar-refractivity contribution >= 4 is 23.3 Å². The number of halogens is 1. The van der Waals surface area contributed by atoms with E-state index in [1.807, 2.05) is 28.8 Å². The lowest BCUT2D eigenvalue weighted by Crippen LogP contribution is -2.20. The number of hydrogen-bond acceptors (Lipinski definition) is 3. The number of rotatable bonds is 6. The van der Waals surface area contributed by atoms with Crippen LogP contribution in [0.2, 0.25) is 5.15 Å². The smallest absolute Gasteiger partial charge is 0.155 e. The van der Waals surface area contributed by atoms with Crippen LogP contribution in [0, 0.1) is 0 Å². The molecule has 0 bridgehead atoms. The number of pyridine rings is 1. The Morgan fingerprint density at radius 1 is 1.53 bits per heavy atom. The molecule has 2 aromatic rings. The van der Waals surface area contributed by atoms with Gasteiger partial charge in [0.2, 0.25) is 0 Å². The second kappa shape index (κ2) is 6.70. The molecule has 0 fully saturated rings. The van der Waals surface area contributed by atoms with Crippen LogP contribution in [-0.2, 0) is 4.74 Å². The summed E-state index contributed by atoms with van der Waals surface area (Å²) in [6, 6.07) is 5.86. The van der Waals surface area contributed by atoms with E-state index in [1.54, 1.807) is 7.11 Å². The monoisotopic (exact) mass is 279 g/mol. The number of nitrogens with zero attached hydrogens (tertiary/aromatic N) is 2. The minimum Gasteiger partial charge on any atom is -0.383 e. The molecule has 102 valence electrons. The van der Waals surface area contributed by atoms with E-state index in [4.69, 9.17) is 16.3 Å². The van der Waals surface area contributed by atoms with Crippen LogP contribution >= 0.6 is 11.6 Å². The molecular weight excluding hydrogens is 262 g/mol. The van der Waals surface area contributed by atoms with Crippen molar-refractivity contribution in [3.63, 3.8) is 0 Å². The number of ether oxygens (including phenoxy) is 1. The average molecular weight is 280 g/mol. The predicted octanol–water partition coefficient (Wildman–Crippen LogP) is 2.63. The Morgan fingerprint density at radius 3 is 3.16 bits per heavy atom. The lowest BCUT2D eigenvalue weighted by atomic mass is 10.2. The van der Waals surface area contributed by atoms with Gasteiger partial charge in [-0.15, -0.1) is 0 Å². The Balaban J connectivity index is 2.13. The number of methoxy groups -OCH3 is 1. The number of hydrogen-bond donors (Lipinski definition) is 1. The molecule has 4 nitrogen and oxygen atoms in total. The molecule has 0 radical (unpaired) electrons. The van der Waals surface area contributed by atoms with Gasteiger partial charge in [-0.25, -0.2) is 4.98 Å². The van der Waals surface area contributed by atoms with E-state index in [-0.39, 0.29) is 0 Å². The molecule has 0 saturated carbocycles. The fourth-order valence-electron chi connectivity index (χ4n) is 1.86. The van der Waals surface area contributed by atoms with Crippen molar-refractivity contribution in [3.05, 3.63) is 40.8 Å². The fourth-order valence-corrected chi connectivity index (χ4v) is 2.09. The van der Waals surface area contributed by atoms with Gasteiger partial charge in [-0.3, -0.25) is 4.40 Å².